The predicted octanol–water partition coefficient (Wildman–Crippen LogP) is 4.40. The normalized spacial score (nSPS) is 20.9. The first kappa shape index (κ1) is 20.5. The van der Waals surface area contributed by atoms with E-state index in [0.29, 0.717) is 12.8 Å². The molecule has 1 N–H and O–H groups in total. The van der Waals surface area contributed by atoms with Crippen molar-refractivity contribution in [3.05, 3.63) is 34.4 Å². The average molecular weight is 387 g/mol. The van der Waals surface area contributed by atoms with Crippen LogP contribution in [0.15, 0.2) is 0 Å². The Kier molecular flexibility index (Phi) is 6.15. The van der Waals surface area contributed by atoms with E-state index in [0.717, 1.165) is 0 Å². The second kappa shape index (κ2) is 7.81. The Hall–Kier alpha value is -1.84. The van der Waals surface area contributed by atoms with Gasteiger partial charge >= 0.3 is 6.18 Å². The minimum absolute atomic E-state index is 0.0924. The first-order valence-electron chi connectivity index (χ1n) is 7.91. The van der Waals surface area contributed by atoms with Gasteiger partial charge in [0.25, 0.3) is 0 Å². The predicted molar refractivity (Wildman–Crippen MR) is 76.0 cm³/mol. The fourth-order valence-corrected chi connectivity index (χ4v) is 2.84. The van der Waals surface area contributed by atoms with E-state index in [2.05, 4.69) is 5.32 Å². The van der Waals surface area contributed by atoms with Gasteiger partial charge in [-0.2, -0.15) is 13.2 Å². The van der Waals surface area contributed by atoms with Gasteiger partial charge in [-0.3, -0.25) is 4.79 Å². The second-order valence-electron chi connectivity index (χ2n) is 5.94. The summed E-state index contributed by atoms with van der Waals surface area (Å²) in [5, 5.41) is 2.59. The van der Waals surface area contributed by atoms with E-state index in [-0.39, 0.29) is 25.4 Å². The van der Waals surface area contributed by atoms with Gasteiger partial charge in [0.1, 0.15) is 5.56 Å². The lowest BCUT2D eigenvalue weighted by molar-refractivity contribution is -0.143. The van der Waals surface area contributed by atoms with Gasteiger partial charge < -0.3 is 10.1 Å². The Morgan fingerprint density at radius 1 is 1.12 bits per heavy atom. The molecule has 0 saturated carbocycles. The Morgan fingerprint density at radius 3 is 2.19 bits per heavy atom. The molecule has 2 unspecified atom stereocenters. The van der Waals surface area contributed by atoms with E-state index < -0.39 is 52.7 Å². The van der Waals surface area contributed by atoms with Gasteiger partial charge in [-0.05, 0) is 19.3 Å². The number of hydrogen-bond acceptors (Lipinski definition) is 2. The fourth-order valence-electron chi connectivity index (χ4n) is 2.84. The Morgan fingerprint density at radius 2 is 1.69 bits per heavy atom. The molecule has 1 saturated heterocycles. The van der Waals surface area contributed by atoms with Crippen LogP contribution in [0.1, 0.15) is 49.8 Å². The van der Waals surface area contributed by atoms with E-state index in [4.69, 9.17) is 4.74 Å². The van der Waals surface area contributed by atoms with Gasteiger partial charge in [0, 0.05) is 19.1 Å². The summed E-state index contributed by atoms with van der Waals surface area (Å²) in [7, 11) is 0. The molecule has 2 rings (SSSR count). The molecule has 0 aromatic heterocycles. The van der Waals surface area contributed by atoms with Gasteiger partial charge in [0.15, 0.2) is 23.3 Å². The molecule has 1 amide bonds. The Bertz CT molecular complexity index is 661. The number of alkyl halides is 3. The number of carbonyl (C=O) groups is 1. The van der Waals surface area contributed by atoms with Gasteiger partial charge in [-0.1, -0.05) is 6.92 Å². The molecule has 0 aliphatic carbocycles. The smallest absolute Gasteiger partial charge is 0.373 e. The summed E-state index contributed by atoms with van der Waals surface area (Å²) in [6, 6.07) is -0.583. The van der Waals surface area contributed by atoms with E-state index >= 15 is 0 Å². The number of benzene rings is 1. The van der Waals surface area contributed by atoms with Crippen molar-refractivity contribution in [1.29, 1.82) is 0 Å². The van der Waals surface area contributed by atoms with E-state index in [1.807, 2.05) is 0 Å². The summed E-state index contributed by atoms with van der Waals surface area (Å²) >= 11 is 0. The number of ether oxygens (including phenoxy) is 1. The zero-order chi connectivity index (χ0) is 19.6. The minimum atomic E-state index is -5.60. The van der Waals surface area contributed by atoms with Crippen molar-refractivity contribution < 1.29 is 40.3 Å². The van der Waals surface area contributed by atoms with E-state index in [1.54, 1.807) is 6.92 Å². The van der Waals surface area contributed by atoms with Crippen LogP contribution in [-0.4, -0.2) is 18.6 Å². The highest BCUT2D eigenvalue weighted by atomic mass is 19.4. The maximum absolute atomic E-state index is 14.1. The molecular weight excluding hydrogens is 371 g/mol. The highest BCUT2D eigenvalue weighted by molar-refractivity contribution is 5.76. The molecule has 1 aromatic carbocycles. The molecule has 1 aromatic rings. The maximum atomic E-state index is 14.1. The molecule has 10 heteroatoms. The molecule has 1 aliphatic heterocycles. The van der Waals surface area contributed by atoms with Crippen molar-refractivity contribution in [3.63, 3.8) is 0 Å². The summed E-state index contributed by atoms with van der Waals surface area (Å²) in [5.74, 6) is -9.66. The van der Waals surface area contributed by atoms with Crippen molar-refractivity contribution in [2.24, 2.45) is 0 Å². The first-order chi connectivity index (χ1) is 12.1. The molecule has 1 fully saturated rings. The van der Waals surface area contributed by atoms with Crippen molar-refractivity contribution in [2.75, 3.05) is 6.61 Å². The molecule has 26 heavy (non-hydrogen) atoms. The maximum Gasteiger partial charge on any atom is 0.422 e. The summed E-state index contributed by atoms with van der Waals surface area (Å²) in [6.45, 7) is 1.68. The fraction of sp³-hybridized carbons (Fsp3) is 0.562. The quantitative estimate of drug-likeness (QED) is 0.615. The topological polar surface area (TPSA) is 38.3 Å². The minimum Gasteiger partial charge on any atom is -0.373 e. The highest BCUT2D eigenvalue weighted by Gasteiger charge is 2.44. The molecule has 0 radical (unpaired) electrons. The van der Waals surface area contributed by atoms with Gasteiger partial charge in [-0.15, -0.1) is 0 Å². The third-order valence-electron chi connectivity index (χ3n) is 4.03. The first-order valence-corrected chi connectivity index (χ1v) is 7.91. The summed E-state index contributed by atoms with van der Waals surface area (Å²) in [4.78, 5) is 11.6. The number of amides is 1. The molecule has 3 nitrogen and oxygen atoms in total. The summed E-state index contributed by atoms with van der Waals surface area (Å²) < 4.78 is 98.6. The molecule has 0 spiro atoms. The Labute approximate surface area is 144 Å². The third-order valence-corrected chi connectivity index (χ3v) is 4.03. The zero-order valence-corrected chi connectivity index (χ0v) is 13.7. The molecule has 146 valence electrons. The van der Waals surface area contributed by atoms with Crippen LogP contribution in [0.25, 0.3) is 0 Å². The van der Waals surface area contributed by atoms with Crippen LogP contribution in [0, 0.1) is 23.3 Å². The molecule has 0 bridgehead atoms. The van der Waals surface area contributed by atoms with Crippen LogP contribution >= 0.6 is 0 Å². The van der Waals surface area contributed by atoms with Crippen LogP contribution in [0.3, 0.4) is 0 Å². The zero-order valence-electron chi connectivity index (χ0n) is 13.7. The Balaban J connectivity index is 2.35. The second-order valence-corrected chi connectivity index (χ2v) is 5.94. The number of hydrogen-bond donors (Lipinski definition) is 1. The van der Waals surface area contributed by atoms with Crippen molar-refractivity contribution in [1.82, 2.24) is 5.32 Å². The molecular formula is C16H16F7NO2. The lowest BCUT2D eigenvalue weighted by Crippen LogP contribution is -2.40. The van der Waals surface area contributed by atoms with Crippen molar-refractivity contribution >= 4 is 5.91 Å². The number of nitrogens with one attached hydrogen (secondary N) is 1. The average Bonchev–Trinajstić information content (AvgIpc) is 2.53. The van der Waals surface area contributed by atoms with Crippen molar-refractivity contribution in [2.45, 2.75) is 50.9 Å². The van der Waals surface area contributed by atoms with Crippen molar-refractivity contribution in [3.8, 4) is 0 Å². The lowest BCUT2D eigenvalue weighted by atomic mass is 9.94. The summed E-state index contributed by atoms with van der Waals surface area (Å²) in [6.07, 6.45) is -6.28. The summed E-state index contributed by atoms with van der Waals surface area (Å²) in [5.41, 5.74) is -3.87. The standard InChI is InChI=1S/C16H16F7NO2/c1-2-3-9(25)24-7-4-5-26-8(6-7)10-12(17)14(19)11(16(21,22)23)15(20)13(10)18/h7-8H,2-6H2,1H3,(H,24,25). The third kappa shape index (κ3) is 4.11. The lowest BCUT2D eigenvalue weighted by Gasteiger charge is -2.31. The van der Waals surface area contributed by atoms with Crippen LogP contribution < -0.4 is 5.32 Å². The van der Waals surface area contributed by atoms with Gasteiger partial charge in [0.2, 0.25) is 5.91 Å². The van der Waals surface area contributed by atoms with E-state index in [9.17, 15) is 35.5 Å². The molecule has 2 atom stereocenters. The number of halogens is 7. The highest BCUT2D eigenvalue weighted by Crippen LogP contribution is 2.40. The van der Waals surface area contributed by atoms with Crippen LogP contribution in [-0.2, 0) is 15.7 Å². The monoisotopic (exact) mass is 387 g/mol. The molecule has 1 aliphatic rings. The van der Waals surface area contributed by atoms with Crippen LogP contribution in [0.5, 0.6) is 0 Å². The van der Waals surface area contributed by atoms with E-state index in [1.165, 1.54) is 0 Å². The van der Waals surface area contributed by atoms with Gasteiger partial charge in [-0.25, -0.2) is 17.6 Å². The van der Waals surface area contributed by atoms with Gasteiger partial charge in [0.05, 0.1) is 11.7 Å². The SMILES string of the molecule is CCCC(=O)NC1CCOC(c2c(F)c(F)c(C(F)(F)F)c(F)c2F)C1. The largest absolute Gasteiger partial charge is 0.422 e. The van der Waals surface area contributed by atoms with Crippen LogP contribution in [0.4, 0.5) is 30.7 Å². The molecule has 1 heterocycles. The number of rotatable bonds is 4. The van der Waals surface area contributed by atoms with Crippen LogP contribution in [0.2, 0.25) is 0 Å². The number of carbonyl (C=O) groups excluding carboxylic acids is 1.